The van der Waals surface area contributed by atoms with Crippen molar-refractivity contribution in [3.05, 3.63) is 44.1 Å². The van der Waals surface area contributed by atoms with E-state index in [9.17, 15) is 0 Å². The zero-order chi connectivity index (χ0) is 13.4. The number of fused-ring (bicyclic) bond motifs is 1. The molecule has 0 amide bonds. The highest BCUT2D eigenvalue weighted by molar-refractivity contribution is 9.10. The first kappa shape index (κ1) is 13.3. The quantitative estimate of drug-likeness (QED) is 0.664. The van der Waals surface area contributed by atoms with Crippen LogP contribution >= 0.6 is 39.1 Å². The highest BCUT2D eigenvalue weighted by atomic mass is 79.9. The average Bonchev–Trinajstić information content (AvgIpc) is 2.42. The molecule has 5 heteroatoms. The van der Waals surface area contributed by atoms with Crippen molar-refractivity contribution in [3.8, 4) is 11.4 Å². The van der Waals surface area contributed by atoms with Crippen LogP contribution in [0.2, 0.25) is 10.2 Å². The van der Waals surface area contributed by atoms with E-state index in [-0.39, 0.29) is 0 Å². The summed E-state index contributed by atoms with van der Waals surface area (Å²) in [6, 6.07) is 5.69. The molecular formula is C14H11BrCl2N2. The summed E-state index contributed by atoms with van der Waals surface area (Å²) in [5.41, 5.74) is 3.09. The van der Waals surface area contributed by atoms with Gasteiger partial charge in [0.2, 0.25) is 0 Å². The third kappa shape index (κ3) is 2.64. The fourth-order valence-electron chi connectivity index (χ4n) is 2.31. The molecule has 0 radical (unpaired) electrons. The van der Waals surface area contributed by atoms with Crippen molar-refractivity contribution in [2.24, 2.45) is 0 Å². The summed E-state index contributed by atoms with van der Waals surface area (Å²) >= 11 is 15.8. The first-order valence-corrected chi connectivity index (χ1v) is 7.71. The smallest absolute Gasteiger partial charge is 0.161 e. The van der Waals surface area contributed by atoms with E-state index in [2.05, 4.69) is 25.9 Å². The second-order valence-electron chi connectivity index (χ2n) is 4.60. The predicted molar refractivity (Wildman–Crippen MR) is 81.8 cm³/mol. The molecule has 0 spiro atoms. The van der Waals surface area contributed by atoms with Gasteiger partial charge in [-0.05, 0) is 59.8 Å². The number of aromatic nitrogens is 2. The normalized spacial score (nSPS) is 14.3. The van der Waals surface area contributed by atoms with Crippen molar-refractivity contribution in [2.75, 3.05) is 0 Å². The van der Waals surface area contributed by atoms with Gasteiger partial charge in [-0.15, -0.1) is 0 Å². The van der Waals surface area contributed by atoms with Crippen molar-refractivity contribution < 1.29 is 0 Å². The molecule has 2 aromatic rings. The molecule has 0 atom stereocenters. The Morgan fingerprint density at radius 3 is 2.63 bits per heavy atom. The molecule has 0 fully saturated rings. The summed E-state index contributed by atoms with van der Waals surface area (Å²) in [6.45, 7) is 0. The Morgan fingerprint density at radius 1 is 1.05 bits per heavy atom. The van der Waals surface area contributed by atoms with Crippen molar-refractivity contribution in [2.45, 2.75) is 25.7 Å². The molecular weight excluding hydrogens is 347 g/mol. The minimum absolute atomic E-state index is 0.582. The Kier molecular flexibility index (Phi) is 3.79. The second-order valence-corrected chi connectivity index (χ2v) is 6.22. The lowest BCUT2D eigenvalue weighted by atomic mass is 9.97. The van der Waals surface area contributed by atoms with E-state index in [1.165, 1.54) is 12.8 Å². The summed E-state index contributed by atoms with van der Waals surface area (Å²) in [4.78, 5) is 9.05. The molecule has 1 aliphatic carbocycles. The number of rotatable bonds is 1. The van der Waals surface area contributed by atoms with Gasteiger partial charge in [-0.3, -0.25) is 0 Å². The molecule has 0 unspecified atom stereocenters. The summed E-state index contributed by atoms with van der Waals surface area (Å²) in [6.07, 6.45) is 4.30. The molecule has 1 aliphatic rings. The Hall–Kier alpha value is -0.640. The van der Waals surface area contributed by atoms with Gasteiger partial charge in [0, 0.05) is 21.3 Å². The molecule has 0 aliphatic heterocycles. The molecule has 19 heavy (non-hydrogen) atoms. The Balaban J connectivity index is 2.10. The molecule has 1 aromatic heterocycles. The van der Waals surface area contributed by atoms with Gasteiger partial charge in [-0.1, -0.05) is 23.2 Å². The number of hydrogen-bond acceptors (Lipinski definition) is 2. The van der Waals surface area contributed by atoms with E-state index in [1.54, 1.807) is 0 Å². The van der Waals surface area contributed by atoms with Crippen LogP contribution in [0.25, 0.3) is 11.4 Å². The van der Waals surface area contributed by atoms with Gasteiger partial charge in [-0.2, -0.15) is 0 Å². The Morgan fingerprint density at radius 2 is 1.84 bits per heavy atom. The van der Waals surface area contributed by atoms with Crippen LogP contribution in [-0.4, -0.2) is 9.97 Å². The zero-order valence-electron chi connectivity index (χ0n) is 10.1. The van der Waals surface area contributed by atoms with Crippen LogP contribution in [-0.2, 0) is 12.8 Å². The van der Waals surface area contributed by atoms with Gasteiger partial charge in [-0.25, -0.2) is 9.97 Å². The average molecular weight is 358 g/mol. The van der Waals surface area contributed by atoms with Crippen molar-refractivity contribution >= 4 is 39.1 Å². The molecule has 2 nitrogen and oxygen atoms in total. The maximum atomic E-state index is 6.27. The maximum Gasteiger partial charge on any atom is 0.161 e. The standard InChI is InChI=1S/C14H11BrCl2N2/c15-10-6-5-8(7-11(10)16)14-18-12-4-2-1-3-9(12)13(17)19-14/h5-7H,1-4H2. The summed E-state index contributed by atoms with van der Waals surface area (Å²) in [7, 11) is 0. The molecule has 98 valence electrons. The van der Waals surface area contributed by atoms with E-state index in [1.807, 2.05) is 18.2 Å². The van der Waals surface area contributed by atoms with E-state index in [4.69, 9.17) is 23.2 Å². The van der Waals surface area contributed by atoms with E-state index in [0.717, 1.165) is 34.1 Å². The molecule has 0 saturated heterocycles. The fourth-order valence-corrected chi connectivity index (χ4v) is 3.02. The van der Waals surface area contributed by atoms with Crippen LogP contribution in [0.15, 0.2) is 22.7 Å². The summed E-state index contributed by atoms with van der Waals surface area (Å²) in [5.74, 6) is 0.653. The van der Waals surface area contributed by atoms with Crippen LogP contribution in [0.5, 0.6) is 0 Å². The van der Waals surface area contributed by atoms with Gasteiger partial charge < -0.3 is 0 Å². The third-order valence-corrected chi connectivity index (χ3v) is 4.86. The van der Waals surface area contributed by atoms with Crippen molar-refractivity contribution in [1.29, 1.82) is 0 Å². The highest BCUT2D eigenvalue weighted by Gasteiger charge is 2.17. The van der Waals surface area contributed by atoms with Gasteiger partial charge in [0.1, 0.15) is 5.15 Å². The molecule has 0 bridgehead atoms. The van der Waals surface area contributed by atoms with Crippen LogP contribution in [0.1, 0.15) is 24.1 Å². The van der Waals surface area contributed by atoms with Crippen molar-refractivity contribution in [3.63, 3.8) is 0 Å². The van der Waals surface area contributed by atoms with E-state index < -0.39 is 0 Å². The molecule has 1 heterocycles. The summed E-state index contributed by atoms with van der Waals surface area (Å²) < 4.78 is 0.863. The van der Waals surface area contributed by atoms with E-state index >= 15 is 0 Å². The number of nitrogens with zero attached hydrogens (tertiary/aromatic N) is 2. The molecule has 1 aromatic carbocycles. The SMILES string of the molecule is Clc1cc(-c2nc(Cl)c3c(n2)CCCC3)ccc1Br. The minimum atomic E-state index is 0.582. The van der Waals surface area contributed by atoms with Crippen LogP contribution in [0, 0.1) is 0 Å². The monoisotopic (exact) mass is 356 g/mol. The molecule has 3 rings (SSSR count). The third-order valence-electron chi connectivity index (χ3n) is 3.31. The zero-order valence-corrected chi connectivity index (χ0v) is 13.2. The number of halogens is 3. The number of hydrogen-bond donors (Lipinski definition) is 0. The van der Waals surface area contributed by atoms with Gasteiger partial charge >= 0.3 is 0 Å². The molecule has 0 N–H and O–H groups in total. The number of aryl methyl sites for hydroxylation is 1. The van der Waals surface area contributed by atoms with Gasteiger partial charge in [0.05, 0.1) is 5.02 Å². The van der Waals surface area contributed by atoms with Gasteiger partial charge in [0.25, 0.3) is 0 Å². The maximum absolute atomic E-state index is 6.27. The lowest BCUT2D eigenvalue weighted by Gasteiger charge is -2.16. The van der Waals surface area contributed by atoms with Crippen molar-refractivity contribution in [1.82, 2.24) is 9.97 Å². The Labute approximate surface area is 130 Å². The largest absolute Gasteiger partial charge is 0.233 e. The Bertz CT molecular complexity index is 644. The lowest BCUT2D eigenvalue weighted by molar-refractivity contribution is 0.663. The first-order valence-electron chi connectivity index (χ1n) is 6.16. The topological polar surface area (TPSA) is 25.8 Å². The van der Waals surface area contributed by atoms with Crippen LogP contribution in [0.4, 0.5) is 0 Å². The van der Waals surface area contributed by atoms with Crippen LogP contribution < -0.4 is 0 Å². The highest BCUT2D eigenvalue weighted by Crippen LogP contribution is 2.31. The summed E-state index contributed by atoms with van der Waals surface area (Å²) in [5, 5.41) is 1.23. The minimum Gasteiger partial charge on any atom is -0.233 e. The van der Waals surface area contributed by atoms with Crippen LogP contribution in [0.3, 0.4) is 0 Å². The van der Waals surface area contributed by atoms with E-state index in [0.29, 0.717) is 16.0 Å². The number of benzene rings is 1. The second kappa shape index (κ2) is 5.39. The van der Waals surface area contributed by atoms with Gasteiger partial charge in [0.15, 0.2) is 5.82 Å². The lowest BCUT2D eigenvalue weighted by Crippen LogP contribution is -2.08. The fraction of sp³-hybridized carbons (Fsp3) is 0.286. The first-order chi connectivity index (χ1) is 9.15. The predicted octanol–water partition coefficient (Wildman–Crippen LogP) is 5.09. The molecule has 0 saturated carbocycles.